The standard InChI is InChI=1S/C30H31N5O2/c1-30(2,37)28-18-23(17-27(33-28)26-6-4-5-11-32-26)25-16-24(19-31-20-25)21-7-9-22(10-8-21)29(36)35-14-12-34(3)13-15-35/h4-11,16-20,37H,12-15H2,1-3H3/i3D3. The Kier molecular flexibility index (Phi) is 5.84. The lowest BCUT2D eigenvalue weighted by Gasteiger charge is -2.32. The maximum Gasteiger partial charge on any atom is 0.253 e. The fraction of sp³-hybridized carbons (Fsp3) is 0.267. The number of hydrogen-bond donors (Lipinski definition) is 1. The Morgan fingerprint density at radius 1 is 0.892 bits per heavy atom. The maximum absolute atomic E-state index is 13.0. The van der Waals surface area contributed by atoms with Crippen LogP contribution in [0.25, 0.3) is 33.6 Å². The Hall–Kier alpha value is -3.94. The van der Waals surface area contributed by atoms with Crippen LogP contribution in [0.1, 0.15) is 34.0 Å². The van der Waals surface area contributed by atoms with Crippen LogP contribution in [0.4, 0.5) is 0 Å². The molecule has 4 aromatic rings. The molecule has 1 aliphatic heterocycles. The van der Waals surface area contributed by atoms with Gasteiger partial charge in [0.15, 0.2) is 0 Å². The number of aromatic nitrogens is 3. The van der Waals surface area contributed by atoms with Crippen molar-refractivity contribution in [2.45, 2.75) is 19.4 Å². The van der Waals surface area contributed by atoms with Gasteiger partial charge in [-0.2, -0.15) is 0 Å². The van der Waals surface area contributed by atoms with E-state index >= 15 is 0 Å². The Morgan fingerprint density at radius 2 is 1.62 bits per heavy atom. The van der Waals surface area contributed by atoms with Crippen molar-refractivity contribution in [2.24, 2.45) is 0 Å². The lowest BCUT2D eigenvalue weighted by atomic mass is 9.97. The van der Waals surface area contributed by atoms with Crippen LogP contribution in [0.3, 0.4) is 0 Å². The van der Waals surface area contributed by atoms with Crippen molar-refractivity contribution < 1.29 is 14.0 Å². The van der Waals surface area contributed by atoms with Crippen LogP contribution in [-0.2, 0) is 5.60 Å². The van der Waals surface area contributed by atoms with Crippen molar-refractivity contribution in [3.63, 3.8) is 0 Å². The molecular weight excluding hydrogens is 462 g/mol. The zero-order valence-corrected chi connectivity index (χ0v) is 20.9. The number of piperazine rings is 1. The van der Waals surface area contributed by atoms with Gasteiger partial charge < -0.3 is 14.9 Å². The molecule has 188 valence electrons. The van der Waals surface area contributed by atoms with Crippen molar-refractivity contribution in [2.75, 3.05) is 33.2 Å². The summed E-state index contributed by atoms with van der Waals surface area (Å²) >= 11 is 0. The molecule has 1 saturated heterocycles. The summed E-state index contributed by atoms with van der Waals surface area (Å²) in [6.45, 7) is 2.67. The molecule has 1 amide bonds. The summed E-state index contributed by atoms with van der Waals surface area (Å²) in [5.41, 5.74) is 4.79. The largest absolute Gasteiger partial charge is 0.384 e. The zero-order valence-electron chi connectivity index (χ0n) is 23.9. The van der Waals surface area contributed by atoms with Gasteiger partial charge in [-0.1, -0.05) is 18.2 Å². The Balaban J connectivity index is 1.39. The summed E-state index contributed by atoms with van der Waals surface area (Å²) < 4.78 is 22.7. The molecule has 1 N–H and O–H groups in total. The van der Waals surface area contributed by atoms with Gasteiger partial charge in [-0.05, 0) is 74.4 Å². The number of aliphatic hydroxyl groups is 1. The Bertz CT molecular complexity index is 1490. The van der Waals surface area contributed by atoms with Crippen LogP contribution < -0.4 is 0 Å². The minimum atomic E-state index is -2.13. The van der Waals surface area contributed by atoms with Gasteiger partial charge in [0.1, 0.15) is 5.60 Å². The second-order valence-corrected chi connectivity index (χ2v) is 9.72. The van der Waals surface area contributed by atoms with Crippen LogP contribution in [0, 0.1) is 0 Å². The molecule has 4 heterocycles. The molecular formula is C30H31N5O2. The first-order valence-electron chi connectivity index (χ1n) is 13.8. The number of carbonyl (C=O) groups is 1. The summed E-state index contributed by atoms with van der Waals surface area (Å²) in [7, 11) is 0. The van der Waals surface area contributed by atoms with E-state index in [1.807, 2.05) is 48.5 Å². The number of benzene rings is 1. The number of carbonyl (C=O) groups excluding carboxylic acids is 1. The number of likely N-dealkylation sites (N-methyl/N-ethyl adjacent to an activating group) is 1. The van der Waals surface area contributed by atoms with E-state index < -0.39 is 12.6 Å². The molecule has 37 heavy (non-hydrogen) atoms. The summed E-state index contributed by atoms with van der Waals surface area (Å²) in [6.07, 6.45) is 5.25. The van der Waals surface area contributed by atoms with Gasteiger partial charge in [-0.15, -0.1) is 0 Å². The number of amides is 1. The van der Waals surface area contributed by atoms with Gasteiger partial charge in [0.05, 0.1) is 17.1 Å². The van der Waals surface area contributed by atoms with Crippen molar-refractivity contribution >= 4 is 5.91 Å². The number of pyridine rings is 3. The van der Waals surface area contributed by atoms with Gasteiger partial charge in [-0.25, -0.2) is 4.98 Å². The van der Waals surface area contributed by atoms with E-state index in [9.17, 15) is 9.90 Å². The molecule has 1 fully saturated rings. The molecule has 0 unspecified atom stereocenters. The normalized spacial score (nSPS) is 16.1. The van der Waals surface area contributed by atoms with Crippen molar-refractivity contribution in [1.29, 1.82) is 0 Å². The fourth-order valence-electron chi connectivity index (χ4n) is 4.31. The predicted octanol–water partition coefficient (Wildman–Crippen LogP) is 4.49. The monoisotopic (exact) mass is 496 g/mol. The Labute approximate surface area is 221 Å². The third-order valence-corrected chi connectivity index (χ3v) is 6.48. The second-order valence-electron chi connectivity index (χ2n) is 9.72. The van der Waals surface area contributed by atoms with Gasteiger partial charge in [0, 0.05) is 65.6 Å². The second kappa shape index (κ2) is 10.2. The van der Waals surface area contributed by atoms with E-state index in [2.05, 4.69) is 15.0 Å². The first kappa shape index (κ1) is 21.2. The minimum absolute atomic E-state index is 0.110. The van der Waals surface area contributed by atoms with Crippen molar-refractivity contribution in [1.82, 2.24) is 24.8 Å². The molecule has 0 bridgehead atoms. The summed E-state index contributed by atoms with van der Waals surface area (Å²) in [5.74, 6) is -0.110. The molecule has 0 aliphatic carbocycles. The average molecular weight is 497 g/mol. The van der Waals surface area contributed by atoms with Crippen molar-refractivity contribution in [3.8, 4) is 33.6 Å². The minimum Gasteiger partial charge on any atom is -0.384 e. The maximum atomic E-state index is 13.0. The molecule has 0 saturated carbocycles. The van der Waals surface area contributed by atoms with E-state index in [0.29, 0.717) is 48.8 Å². The fourth-order valence-corrected chi connectivity index (χ4v) is 4.31. The molecule has 1 aromatic carbocycles. The zero-order chi connectivity index (χ0) is 28.5. The molecule has 7 nitrogen and oxygen atoms in total. The lowest BCUT2D eigenvalue weighted by Crippen LogP contribution is -2.47. The third-order valence-electron chi connectivity index (χ3n) is 6.48. The average Bonchev–Trinajstić information content (AvgIpc) is 2.96. The lowest BCUT2D eigenvalue weighted by molar-refractivity contribution is 0.0663. The van der Waals surface area contributed by atoms with E-state index in [4.69, 9.17) is 4.11 Å². The summed E-state index contributed by atoms with van der Waals surface area (Å²) in [6, 6.07) is 18.8. The van der Waals surface area contributed by atoms with Crippen LogP contribution in [0.5, 0.6) is 0 Å². The smallest absolute Gasteiger partial charge is 0.253 e. The number of rotatable bonds is 5. The highest BCUT2D eigenvalue weighted by atomic mass is 16.3. The number of hydrogen-bond acceptors (Lipinski definition) is 6. The van der Waals surface area contributed by atoms with Crippen LogP contribution in [-0.4, -0.2) is 68.9 Å². The number of nitrogens with zero attached hydrogens (tertiary/aromatic N) is 5. The van der Waals surface area contributed by atoms with Crippen LogP contribution >= 0.6 is 0 Å². The molecule has 1 aliphatic rings. The van der Waals surface area contributed by atoms with E-state index in [1.165, 1.54) is 4.90 Å². The first-order chi connectivity index (χ1) is 19.0. The highest BCUT2D eigenvalue weighted by molar-refractivity contribution is 5.94. The predicted molar refractivity (Wildman–Crippen MR) is 145 cm³/mol. The van der Waals surface area contributed by atoms with E-state index in [-0.39, 0.29) is 5.91 Å². The van der Waals surface area contributed by atoms with Crippen molar-refractivity contribution in [3.05, 3.63) is 90.5 Å². The molecule has 5 rings (SSSR count). The molecule has 3 aromatic heterocycles. The van der Waals surface area contributed by atoms with E-state index in [1.54, 1.807) is 49.5 Å². The van der Waals surface area contributed by atoms with Gasteiger partial charge in [0.25, 0.3) is 5.91 Å². The highest BCUT2D eigenvalue weighted by Gasteiger charge is 2.22. The first-order valence-corrected chi connectivity index (χ1v) is 12.3. The van der Waals surface area contributed by atoms with Gasteiger partial charge >= 0.3 is 0 Å². The van der Waals surface area contributed by atoms with Crippen LogP contribution in [0.15, 0.2) is 79.3 Å². The summed E-state index contributed by atoms with van der Waals surface area (Å²) in [5, 5.41) is 10.7. The van der Waals surface area contributed by atoms with Gasteiger partial charge in [0.2, 0.25) is 0 Å². The highest BCUT2D eigenvalue weighted by Crippen LogP contribution is 2.31. The molecule has 7 heteroatoms. The summed E-state index contributed by atoms with van der Waals surface area (Å²) in [4.78, 5) is 29.7. The van der Waals surface area contributed by atoms with Crippen LogP contribution in [0.2, 0.25) is 0 Å². The quantitative estimate of drug-likeness (QED) is 0.439. The Morgan fingerprint density at radius 3 is 2.27 bits per heavy atom. The molecule has 0 atom stereocenters. The third kappa shape index (κ3) is 5.58. The molecule has 0 spiro atoms. The van der Waals surface area contributed by atoms with E-state index in [0.717, 1.165) is 22.3 Å². The van der Waals surface area contributed by atoms with Gasteiger partial charge in [-0.3, -0.25) is 14.8 Å². The topological polar surface area (TPSA) is 82.5 Å². The molecule has 0 radical (unpaired) electrons. The SMILES string of the molecule is [2H]C([2H])([2H])N1CCN(C(=O)c2ccc(-c3cncc(-c4cc(-c5ccccn5)nc(C(C)(C)O)c4)c3)cc2)CC1.